The number of nitrogens with one attached hydrogen (secondary N) is 1. The summed E-state index contributed by atoms with van der Waals surface area (Å²) in [6.07, 6.45) is 0. The average molecular weight is 412 g/mol. The zero-order valence-corrected chi connectivity index (χ0v) is 16.9. The van der Waals surface area contributed by atoms with Gasteiger partial charge in [-0.25, -0.2) is 13.4 Å². The van der Waals surface area contributed by atoms with Crippen molar-refractivity contribution in [3.05, 3.63) is 83.1 Å². The van der Waals surface area contributed by atoms with E-state index in [2.05, 4.69) is 9.71 Å². The molecule has 1 aromatic heterocycles. The molecule has 0 radical (unpaired) electrons. The first-order valence-electron chi connectivity index (χ1n) is 8.69. The molecule has 5 nitrogen and oxygen atoms in total. The Morgan fingerprint density at radius 1 is 0.964 bits per heavy atom. The molecule has 4 aromatic rings. The predicted octanol–water partition coefficient (Wildman–Crippen LogP) is 5.10. The molecule has 0 saturated heterocycles. The number of hydrogen-bond donors (Lipinski definition) is 1. The van der Waals surface area contributed by atoms with Crippen molar-refractivity contribution in [2.24, 2.45) is 0 Å². The Morgan fingerprint density at radius 3 is 2.46 bits per heavy atom. The molecule has 0 saturated carbocycles. The number of anilines is 1. The van der Waals surface area contributed by atoms with Gasteiger partial charge in [0, 0.05) is 10.7 Å². The fourth-order valence-corrected chi connectivity index (χ4v) is 4.80. The average Bonchev–Trinajstić information content (AvgIpc) is 2.99. The third-order valence-corrected chi connectivity index (χ3v) is 6.53. The van der Waals surface area contributed by atoms with Crippen LogP contribution in [0.3, 0.4) is 0 Å². The van der Waals surface area contributed by atoms with E-state index in [4.69, 9.17) is 11.6 Å². The van der Waals surface area contributed by atoms with Crippen LogP contribution in [0.25, 0.3) is 16.7 Å². The van der Waals surface area contributed by atoms with E-state index in [1.807, 2.05) is 47.9 Å². The molecule has 0 spiro atoms. The Kier molecular flexibility index (Phi) is 4.61. The Morgan fingerprint density at radius 2 is 1.71 bits per heavy atom. The third-order valence-electron chi connectivity index (χ3n) is 4.60. The maximum Gasteiger partial charge on any atom is 0.262 e. The lowest BCUT2D eigenvalue weighted by Gasteiger charge is -2.11. The van der Waals surface area contributed by atoms with Crippen LogP contribution in [-0.2, 0) is 10.0 Å². The fraction of sp³-hybridized carbons (Fsp3) is 0.0952. The van der Waals surface area contributed by atoms with Crippen LogP contribution in [0.1, 0.15) is 11.4 Å². The number of sulfonamides is 1. The van der Waals surface area contributed by atoms with Crippen LogP contribution in [-0.4, -0.2) is 18.0 Å². The highest BCUT2D eigenvalue weighted by Gasteiger charge is 2.19. The number of hydrogen-bond acceptors (Lipinski definition) is 3. The molecular formula is C21H18ClN3O2S. The lowest BCUT2D eigenvalue weighted by atomic mass is 10.2. The van der Waals surface area contributed by atoms with Gasteiger partial charge in [-0.3, -0.25) is 9.29 Å². The molecule has 0 aliphatic rings. The summed E-state index contributed by atoms with van der Waals surface area (Å²) >= 11 is 6.07. The van der Waals surface area contributed by atoms with Crippen molar-refractivity contribution in [1.82, 2.24) is 9.55 Å². The van der Waals surface area contributed by atoms with E-state index in [1.54, 1.807) is 31.2 Å². The molecule has 3 aromatic carbocycles. The van der Waals surface area contributed by atoms with Gasteiger partial charge in [-0.15, -0.1) is 0 Å². The predicted molar refractivity (Wildman–Crippen MR) is 113 cm³/mol. The molecule has 142 valence electrons. The Hall–Kier alpha value is -2.83. The van der Waals surface area contributed by atoms with Crippen molar-refractivity contribution in [1.29, 1.82) is 0 Å². The lowest BCUT2D eigenvalue weighted by Crippen LogP contribution is -2.14. The van der Waals surface area contributed by atoms with Gasteiger partial charge >= 0.3 is 0 Å². The van der Waals surface area contributed by atoms with Crippen LogP contribution < -0.4 is 4.72 Å². The first-order valence-corrected chi connectivity index (χ1v) is 10.6. The maximum absolute atomic E-state index is 12.8. The topological polar surface area (TPSA) is 64.0 Å². The van der Waals surface area contributed by atoms with E-state index in [0.717, 1.165) is 17.0 Å². The van der Waals surface area contributed by atoms with Gasteiger partial charge in [0.15, 0.2) is 0 Å². The second kappa shape index (κ2) is 6.96. The van der Waals surface area contributed by atoms with Crippen molar-refractivity contribution in [3.8, 4) is 5.69 Å². The van der Waals surface area contributed by atoms with Crippen LogP contribution in [0.2, 0.25) is 5.02 Å². The Balaban J connectivity index is 1.74. The second-order valence-electron chi connectivity index (χ2n) is 6.50. The van der Waals surface area contributed by atoms with Gasteiger partial charge in [0.1, 0.15) is 5.82 Å². The minimum atomic E-state index is -3.76. The van der Waals surface area contributed by atoms with E-state index in [1.165, 1.54) is 6.07 Å². The smallest absolute Gasteiger partial charge is 0.262 e. The van der Waals surface area contributed by atoms with Gasteiger partial charge in [-0.2, -0.15) is 0 Å². The summed E-state index contributed by atoms with van der Waals surface area (Å²) < 4.78 is 30.3. The molecule has 4 rings (SSSR count). The van der Waals surface area contributed by atoms with Crippen molar-refractivity contribution in [3.63, 3.8) is 0 Å². The van der Waals surface area contributed by atoms with Crippen molar-refractivity contribution in [2.45, 2.75) is 18.7 Å². The van der Waals surface area contributed by atoms with Crippen LogP contribution in [0, 0.1) is 13.8 Å². The van der Waals surface area contributed by atoms with Crippen LogP contribution >= 0.6 is 11.6 Å². The number of rotatable bonds is 4. The van der Waals surface area contributed by atoms with Gasteiger partial charge in [0.25, 0.3) is 10.0 Å². The highest BCUT2D eigenvalue weighted by atomic mass is 35.5. The summed E-state index contributed by atoms with van der Waals surface area (Å²) in [7, 11) is -3.76. The zero-order valence-electron chi connectivity index (χ0n) is 15.3. The van der Waals surface area contributed by atoms with E-state index >= 15 is 0 Å². The summed E-state index contributed by atoms with van der Waals surface area (Å²) in [4.78, 5) is 4.75. The van der Waals surface area contributed by atoms with E-state index in [9.17, 15) is 8.42 Å². The highest BCUT2D eigenvalue weighted by molar-refractivity contribution is 7.92. The molecule has 7 heteroatoms. The molecule has 0 atom stereocenters. The molecule has 1 N–H and O–H groups in total. The van der Waals surface area contributed by atoms with E-state index in [-0.39, 0.29) is 4.90 Å². The van der Waals surface area contributed by atoms with Gasteiger partial charge in [0.2, 0.25) is 0 Å². The number of aromatic nitrogens is 2. The Bertz CT molecular complexity index is 1280. The highest BCUT2D eigenvalue weighted by Crippen LogP contribution is 2.27. The normalized spacial score (nSPS) is 11.7. The molecule has 0 aliphatic carbocycles. The number of aryl methyl sites for hydroxylation is 1. The number of nitrogens with zero attached hydrogens (tertiary/aromatic N) is 2. The van der Waals surface area contributed by atoms with Crippen LogP contribution in [0.15, 0.2) is 71.6 Å². The number of halogens is 1. The molecule has 28 heavy (non-hydrogen) atoms. The summed E-state index contributed by atoms with van der Waals surface area (Å²) in [5.74, 6) is 0.826. The maximum atomic E-state index is 12.8. The fourth-order valence-electron chi connectivity index (χ4n) is 3.26. The number of fused-ring (bicyclic) bond motifs is 1. The van der Waals surface area contributed by atoms with Crippen molar-refractivity contribution >= 4 is 38.3 Å². The lowest BCUT2D eigenvalue weighted by molar-refractivity contribution is 0.600. The first-order chi connectivity index (χ1) is 13.4. The molecular weight excluding hydrogens is 394 g/mol. The minimum Gasteiger partial charge on any atom is -0.297 e. The molecule has 0 unspecified atom stereocenters. The number of imidazole rings is 1. The second-order valence-corrected chi connectivity index (χ2v) is 8.56. The first kappa shape index (κ1) is 18.5. The van der Waals surface area contributed by atoms with E-state index < -0.39 is 10.0 Å². The van der Waals surface area contributed by atoms with E-state index in [0.29, 0.717) is 21.8 Å². The third kappa shape index (κ3) is 3.25. The summed E-state index contributed by atoms with van der Waals surface area (Å²) in [5, 5.41) is 0.413. The minimum absolute atomic E-state index is 0.158. The van der Waals surface area contributed by atoms with Crippen molar-refractivity contribution in [2.75, 3.05) is 4.72 Å². The standard InChI is InChI=1S/C21H18ClN3O2S/c1-14-18(22)9-6-10-21(14)28(26,27)24-16-11-12-20-19(13-16)23-15(2)25(20)17-7-4-3-5-8-17/h3-13,24H,1-2H3. The quantitative estimate of drug-likeness (QED) is 0.508. The summed E-state index contributed by atoms with van der Waals surface area (Å²) in [5.41, 5.74) is 3.59. The zero-order chi connectivity index (χ0) is 19.9. The van der Waals surface area contributed by atoms with Crippen LogP contribution in [0.5, 0.6) is 0 Å². The molecule has 1 heterocycles. The van der Waals surface area contributed by atoms with Gasteiger partial charge in [-0.05, 0) is 61.9 Å². The molecule has 0 bridgehead atoms. The molecule has 0 aliphatic heterocycles. The largest absolute Gasteiger partial charge is 0.297 e. The van der Waals surface area contributed by atoms with Gasteiger partial charge < -0.3 is 0 Å². The summed E-state index contributed by atoms with van der Waals surface area (Å²) in [6.45, 7) is 3.61. The monoisotopic (exact) mass is 411 g/mol. The molecule has 0 fully saturated rings. The van der Waals surface area contributed by atoms with Gasteiger partial charge in [0.05, 0.1) is 21.6 Å². The SMILES string of the molecule is Cc1c(Cl)cccc1S(=O)(=O)Nc1ccc2c(c1)nc(C)n2-c1ccccc1. The van der Waals surface area contributed by atoms with Gasteiger partial charge in [-0.1, -0.05) is 35.9 Å². The number of benzene rings is 3. The van der Waals surface area contributed by atoms with Crippen molar-refractivity contribution < 1.29 is 8.42 Å². The summed E-state index contributed by atoms with van der Waals surface area (Å²) in [6, 6.07) is 20.1. The van der Waals surface area contributed by atoms with Crippen LogP contribution in [0.4, 0.5) is 5.69 Å². The molecule has 0 amide bonds. The Labute approximate surface area is 168 Å². The number of para-hydroxylation sites is 1.